The topological polar surface area (TPSA) is 35.5 Å². The smallest absolute Gasteiger partial charge is 0.416 e. The third-order valence-corrected chi connectivity index (χ3v) is 4.95. The van der Waals surface area contributed by atoms with Crippen molar-refractivity contribution < 1.29 is 27.4 Å². The Hall–Kier alpha value is -2.44. The van der Waals surface area contributed by atoms with E-state index >= 15 is 0 Å². The molecule has 0 radical (unpaired) electrons. The highest BCUT2D eigenvalue weighted by molar-refractivity contribution is 6.32. The van der Waals surface area contributed by atoms with Crippen molar-refractivity contribution in [3.8, 4) is 11.5 Å². The third kappa shape index (κ3) is 5.37. The second kappa shape index (κ2) is 9.14. The Morgan fingerprint density at radius 3 is 2.40 bits per heavy atom. The number of ether oxygens (including phenoxy) is 2. The molecule has 0 bridgehead atoms. The first kappa shape index (κ1) is 22.2. The number of halogens is 5. The van der Waals surface area contributed by atoms with E-state index in [4.69, 9.17) is 32.7 Å². The predicted molar refractivity (Wildman–Crippen MR) is 110 cm³/mol. The molecule has 3 rings (SSSR count). The maximum Gasteiger partial charge on any atom is 0.416 e. The van der Waals surface area contributed by atoms with E-state index in [1.807, 2.05) is 18.2 Å². The molecule has 1 unspecified atom stereocenters. The first-order valence-corrected chi connectivity index (χ1v) is 9.87. The molecular formula is C22H17Cl2F3O3. The molecule has 0 amide bonds. The molecule has 3 nitrogen and oxygen atoms in total. The van der Waals surface area contributed by atoms with E-state index in [9.17, 15) is 18.0 Å². The largest absolute Gasteiger partial charge is 0.465 e. The van der Waals surface area contributed by atoms with Crippen LogP contribution in [-0.2, 0) is 22.1 Å². The van der Waals surface area contributed by atoms with Gasteiger partial charge in [-0.15, -0.1) is 11.6 Å². The van der Waals surface area contributed by atoms with Crippen molar-refractivity contribution in [2.24, 2.45) is 0 Å². The van der Waals surface area contributed by atoms with Gasteiger partial charge >= 0.3 is 12.1 Å². The molecule has 0 aliphatic heterocycles. The summed E-state index contributed by atoms with van der Waals surface area (Å²) in [5.41, 5.74) is 0.0290. The summed E-state index contributed by atoms with van der Waals surface area (Å²) in [6.07, 6.45) is -4.14. The summed E-state index contributed by atoms with van der Waals surface area (Å²) in [4.78, 5) is 11.7. The van der Waals surface area contributed by atoms with E-state index < -0.39 is 23.1 Å². The second-order valence-electron chi connectivity index (χ2n) is 6.51. The molecule has 0 aromatic heterocycles. The summed E-state index contributed by atoms with van der Waals surface area (Å²) in [6.45, 7) is 1.99. The quantitative estimate of drug-likeness (QED) is 0.295. The number of rotatable bonds is 6. The predicted octanol–water partition coefficient (Wildman–Crippen LogP) is 7.02. The van der Waals surface area contributed by atoms with Crippen molar-refractivity contribution in [2.75, 3.05) is 6.61 Å². The Morgan fingerprint density at radius 1 is 1.03 bits per heavy atom. The molecule has 1 atom stereocenters. The lowest BCUT2D eigenvalue weighted by molar-refractivity contribution is -0.142. The standard InChI is InChI=1S/C22H17Cl2F3O3/c1-2-29-21(28)19(24)10-13-3-4-15-11-17(7-5-14(15)9-13)30-20-8-6-16(12-18(20)23)22(25,26)27/h3-9,11-12,19H,2,10H2,1H3. The zero-order valence-corrected chi connectivity index (χ0v) is 17.3. The van der Waals surface area contributed by atoms with E-state index in [0.717, 1.165) is 28.5 Å². The number of hydrogen-bond acceptors (Lipinski definition) is 3. The number of carbonyl (C=O) groups is 1. The average molecular weight is 457 g/mol. The fourth-order valence-electron chi connectivity index (χ4n) is 2.87. The van der Waals surface area contributed by atoms with Gasteiger partial charge in [-0.1, -0.05) is 35.9 Å². The third-order valence-electron chi connectivity index (χ3n) is 4.32. The van der Waals surface area contributed by atoms with E-state index in [0.29, 0.717) is 12.2 Å². The van der Waals surface area contributed by atoms with E-state index in [1.54, 1.807) is 25.1 Å². The maximum absolute atomic E-state index is 12.8. The molecular weight excluding hydrogens is 440 g/mol. The minimum atomic E-state index is -4.47. The summed E-state index contributed by atoms with van der Waals surface area (Å²) < 4.78 is 48.9. The highest BCUT2D eigenvalue weighted by atomic mass is 35.5. The van der Waals surface area contributed by atoms with Crippen LogP contribution in [0.5, 0.6) is 11.5 Å². The van der Waals surface area contributed by atoms with Crippen molar-refractivity contribution in [3.63, 3.8) is 0 Å². The van der Waals surface area contributed by atoms with Crippen LogP contribution >= 0.6 is 23.2 Å². The van der Waals surface area contributed by atoms with Crippen LogP contribution in [0.25, 0.3) is 10.8 Å². The lowest BCUT2D eigenvalue weighted by atomic mass is 10.0. The average Bonchev–Trinajstić information content (AvgIpc) is 2.69. The minimum Gasteiger partial charge on any atom is -0.465 e. The summed E-state index contributed by atoms with van der Waals surface area (Å²) in [6, 6.07) is 13.8. The Balaban J connectivity index is 1.77. The zero-order chi connectivity index (χ0) is 21.9. The van der Waals surface area contributed by atoms with Gasteiger partial charge in [-0.3, -0.25) is 4.79 Å². The van der Waals surface area contributed by atoms with Gasteiger partial charge in [0.05, 0.1) is 17.2 Å². The molecule has 0 saturated carbocycles. The minimum absolute atomic E-state index is 0.125. The van der Waals surface area contributed by atoms with Crippen LogP contribution in [0.1, 0.15) is 18.1 Å². The number of alkyl halides is 4. The van der Waals surface area contributed by atoms with Gasteiger partial charge in [-0.05, 0) is 60.0 Å². The summed E-state index contributed by atoms with van der Waals surface area (Å²) in [7, 11) is 0. The normalized spacial score (nSPS) is 12.6. The Labute approximate surface area is 181 Å². The lowest BCUT2D eigenvalue weighted by Gasteiger charge is -2.12. The number of esters is 1. The van der Waals surface area contributed by atoms with Crippen molar-refractivity contribution >= 4 is 39.9 Å². The van der Waals surface area contributed by atoms with Gasteiger partial charge in [-0.25, -0.2) is 0 Å². The molecule has 3 aromatic rings. The van der Waals surface area contributed by atoms with Gasteiger partial charge in [0.15, 0.2) is 0 Å². The second-order valence-corrected chi connectivity index (χ2v) is 7.45. The fourth-order valence-corrected chi connectivity index (χ4v) is 3.33. The van der Waals surface area contributed by atoms with Gasteiger partial charge in [0.2, 0.25) is 0 Å². The van der Waals surface area contributed by atoms with E-state index in [-0.39, 0.29) is 17.4 Å². The first-order valence-electron chi connectivity index (χ1n) is 9.05. The van der Waals surface area contributed by atoms with E-state index in [1.165, 1.54) is 6.07 Å². The summed E-state index contributed by atoms with van der Waals surface area (Å²) in [5.74, 6) is 0.0927. The fraction of sp³-hybridized carbons (Fsp3) is 0.227. The van der Waals surface area contributed by atoms with Crippen molar-refractivity contribution in [1.29, 1.82) is 0 Å². The van der Waals surface area contributed by atoms with Crippen LogP contribution < -0.4 is 4.74 Å². The Bertz CT molecular complexity index is 1070. The van der Waals surface area contributed by atoms with Crippen LogP contribution in [-0.4, -0.2) is 18.0 Å². The van der Waals surface area contributed by atoms with Crippen LogP contribution in [0.3, 0.4) is 0 Å². The zero-order valence-electron chi connectivity index (χ0n) is 15.8. The van der Waals surface area contributed by atoms with Crippen molar-refractivity contribution in [2.45, 2.75) is 24.9 Å². The van der Waals surface area contributed by atoms with Crippen LogP contribution in [0.15, 0.2) is 54.6 Å². The summed E-state index contributed by atoms with van der Waals surface area (Å²) in [5, 5.41) is 0.840. The monoisotopic (exact) mass is 456 g/mol. The van der Waals surface area contributed by atoms with Gasteiger partial charge < -0.3 is 9.47 Å². The molecule has 0 aliphatic carbocycles. The molecule has 0 saturated heterocycles. The molecule has 0 aliphatic rings. The number of hydrogen-bond donors (Lipinski definition) is 0. The van der Waals surface area contributed by atoms with Gasteiger partial charge in [-0.2, -0.15) is 13.2 Å². The molecule has 30 heavy (non-hydrogen) atoms. The van der Waals surface area contributed by atoms with Gasteiger partial charge in [0, 0.05) is 0 Å². The van der Waals surface area contributed by atoms with Crippen molar-refractivity contribution in [1.82, 2.24) is 0 Å². The Morgan fingerprint density at radius 2 is 1.73 bits per heavy atom. The molecule has 0 spiro atoms. The van der Waals surface area contributed by atoms with Gasteiger partial charge in [0.1, 0.15) is 16.9 Å². The molecule has 0 N–H and O–H groups in total. The molecule has 0 fully saturated rings. The van der Waals surface area contributed by atoms with Gasteiger partial charge in [0.25, 0.3) is 0 Å². The molecule has 0 heterocycles. The lowest BCUT2D eigenvalue weighted by Crippen LogP contribution is -2.20. The molecule has 3 aromatic carbocycles. The number of benzene rings is 3. The summed E-state index contributed by atoms with van der Waals surface area (Å²) >= 11 is 12.0. The van der Waals surface area contributed by atoms with Crippen molar-refractivity contribution in [3.05, 3.63) is 70.7 Å². The Kier molecular flexibility index (Phi) is 6.78. The first-order chi connectivity index (χ1) is 14.2. The molecule has 8 heteroatoms. The van der Waals surface area contributed by atoms with Crippen LogP contribution in [0, 0.1) is 0 Å². The molecule has 158 valence electrons. The van der Waals surface area contributed by atoms with Crippen LogP contribution in [0.4, 0.5) is 13.2 Å². The highest BCUT2D eigenvalue weighted by Crippen LogP contribution is 2.37. The van der Waals surface area contributed by atoms with Crippen LogP contribution in [0.2, 0.25) is 5.02 Å². The number of carbonyl (C=O) groups excluding carboxylic acids is 1. The van der Waals surface area contributed by atoms with E-state index in [2.05, 4.69) is 0 Å². The highest BCUT2D eigenvalue weighted by Gasteiger charge is 2.31. The number of fused-ring (bicyclic) bond motifs is 1. The SMILES string of the molecule is CCOC(=O)C(Cl)Cc1ccc2cc(Oc3ccc(C(F)(F)F)cc3Cl)ccc2c1. The maximum atomic E-state index is 12.8.